The molecule has 0 saturated carbocycles. The third-order valence-corrected chi connectivity index (χ3v) is 4.77. The summed E-state index contributed by atoms with van der Waals surface area (Å²) in [4.78, 5) is 4.41. The Morgan fingerprint density at radius 1 is 1.53 bits per heavy atom. The molecule has 1 saturated heterocycles. The Labute approximate surface area is 101 Å². The van der Waals surface area contributed by atoms with Crippen molar-refractivity contribution in [2.75, 3.05) is 30.2 Å². The van der Waals surface area contributed by atoms with Crippen molar-refractivity contribution < 1.29 is 8.42 Å². The van der Waals surface area contributed by atoms with E-state index in [4.69, 9.17) is 0 Å². The van der Waals surface area contributed by atoms with E-state index in [2.05, 4.69) is 10.3 Å². The first-order chi connectivity index (χ1) is 8.03. The number of aromatic nitrogens is 1. The van der Waals surface area contributed by atoms with Crippen LogP contribution >= 0.6 is 0 Å². The van der Waals surface area contributed by atoms with Gasteiger partial charge in [-0.3, -0.25) is 9.29 Å². The summed E-state index contributed by atoms with van der Waals surface area (Å²) in [5.41, 5.74) is 1.55. The van der Waals surface area contributed by atoms with Gasteiger partial charge in [-0.25, -0.2) is 8.42 Å². The third-order valence-electron chi connectivity index (χ3n) is 3.65. The highest BCUT2D eigenvalue weighted by Crippen LogP contribution is 2.43. The fourth-order valence-electron chi connectivity index (χ4n) is 2.82. The third kappa shape index (κ3) is 1.55. The lowest BCUT2D eigenvalue weighted by Crippen LogP contribution is -2.38. The van der Waals surface area contributed by atoms with Gasteiger partial charge >= 0.3 is 0 Å². The van der Waals surface area contributed by atoms with Gasteiger partial charge in [0.25, 0.3) is 0 Å². The lowest BCUT2D eigenvalue weighted by atomic mass is 9.85. The summed E-state index contributed by atoms with van der Waals surface area (Å²) < 4.78 is 25.1. The molecule has 0 amide bonds. The summed E-state index contributed by atoms with van der Waals surface area (Å²) in [6.07, 6.45) is 3.94. The topological polar surface area (TPSA) is 62.3 Å². The molecule has 0 radical (unpaired) electrons. The number of nitrogens with zero attached hydrogens (tertiary/aromatic N) is 2. The number of hydrogen-bond acceptors (Lipinski definition) is 4. The van der Waals surface area contributed by atoms with Crippen LogP contribution in [0.25, 0.3) is 0 Å². The van der Waals surface area contributed by atoms with Gasteiger partial charge in [-0.15, -0.1) is 0 Å². The van der Waals surface area contributed by atoms with Crippen LogP contribution in [0.15, 0.2) is 18.3 Å². The molecule has 0 bridgehead atoms. The van der Waals surface area contributed by atoms with Crippen LogP contribution in [0.3, 0.4) is 0 Å². The summed E-state index contributed by atoms with van der Waals surface area (Å²) >= 11 is 0. The van der Waals surface area contributed by atoms with Crippen molar-refractivity contribution in [2.45, 2.75) is 11.8 Å². The van der Waals surface area contributed by atoms with Gasteiger partial charge < -0.3 is 5.32 Å². The Kier molecular flexibility index (Phi) is 2.21. The summed E-state index contributed by atoms with van der Waals surface area (Å²) in [7, 11) is -3.21. The Bertz CT molecular complexity index is 550. The molecule has 6 heteroatoms. The molecule has 3 heterocycles. The highest BCUT2D eigenvalue weighted by Gasteiger charge is 2.48. The minimum atomic E-state index is -3.21. The molecule has 1 atom stereocenters. The van der Waals surface area contributed by atoms with E-state index in [1.807, 2.05) is 6.07 Å². The summed E-state index contributed by atoms with van der Waals surface area (Å²) in [5, 5.41) is 3.31. The molecule has 0 aromatic carbocycles. The lowest BCUT2D eigenvalue weighted by Gasteiger charge is -2.22. The molecular formula is C11H15N3O2S. The van der Waals surface area contributed by atoms with E-state index in [1.54, 1.807) is 12.3 Å². The van der Waals surface area contributed by atoms with E-state index in [0.29, 0.717) is 6.54 Å². The minimum Gasteiger partial charge on any atom is -0.316 e. The van der Waals surface area contributed by atoms with Gasteiger partial charge in [0.1, 0.15) is 0 Å². The number of sulfonamides is 1. The van der Waals surface area contributed by atoms with Crippen LogP contribution in [0.4, 0.5) is 5.69 Å². The van der Waals surface area contributed by atoms with Crippen LogP contribution in [0, 0.1) is 0 Å². The summed E-state index contributed by atoms with van der Waals surface area (Å²) in [5.74, 6) is 0. The SMILES string of the molecule is CS(=O)(=O)N1C[C@@]2(CCNC2)c2ncccc21. The number of pyridine rings is 1. The fourth-order valence-corrected chi connectivity index (χ4v) is 3.80. The maximum atomic E-state index is 11.8. The first-order valence-corrected chi connectivity index (χ1v) is 7.52. The molecule has 5 nitrogen and oxygen atoms in total. The molecule has 2 aliphatic rings. The molecule has 1 spiro atoms. The van der Waals surface area contributed by atoms with Gasteiger partial charge in [-0.1, -0.05) is 0 Å². The second-order valence-corrected chi connectivity index (χ2v) is 6.75. The average molecular weight is 253 g/mol. The van der Waals surface area contributed by atoms with Crippen LogP contribution in [-0.4, -0.2) is 39.3 Å². The number of hydrogen-bond donors (Lipinski definition) is 1. The Morgan fingerprint density at radius 2 is 2.35 bits per heavy atom. The maximum absolute atomic E-state index is 11.8. The maximum Gasteiger partial charge on any atom is 0.232 e. The molecule has 1 aromatic heterocycles. The number of fused-ring (bicyclic) bond motifs is 2. The molecule has 1 fully saturated rings. The van der Waals surface area contributed by atoms with Crippen molar-refractivity contribution in [3.05, 3.63) is 24.0 Å². The smallest absolute Gasteiger partial charge is 0.232 e. The zero-order valence-electron chi connectivity index (χ0n) is 9.68. The van der Waals surface area contributed by atoms with Gasteiger partial charge in [0.2, 0.25) is 10.0 Å². The highest BCUT2D eigenvalue weighted by atomic mass is 32.2. The lowest BCUT2D eigenvalue weighted by molar-refractivity contribution is 0.495. The second kappa shape index (κ2) is 3.43. The molecule has 0 aliphatic carbocycles. The van der Waals surface area contributed by atoms with Crippen LogP contribution in [0.2, 0.25) is 0 Å². The van der Waals surface area contributed by atoms with E-state index < -0.39 is 10.0 Å². The van der Waals surface area contributed by atoms with Gasteiger partial charge in [-0.05, 0) is 25.1 Å². The summed E-state index contributed by atoms with van der Waals surface area (Å²) in [6, 6.07) is 3.63. The van der Waals surface area contributed by atoms with Crippen molar-refractivity contribution in [1.29, 1.82) is 0 Å². The van der Waals surface area contributed by atoms with E-state index in [0.717, 1.165) is 30.9 Å². The van der Waals surface area contributed by atoms with E-state index >= 15 is 0 Å². The zero-order valence-corrected chi connectivity index (χ0v) is 10.5. The monoisotopic (exact) mass is 253 g/mol. The second-order valence-electron chi connectivity index (χ2n) is 4.85. The molecule has 92 valence electrons. The predicted octanol–water partition coefficient (Wildman–Crippen LogP) is 0.0923. The number of nitrogens with one attached hydrogen (secondary N) is 1. The zero-order chi connectivity index (χ0) is 12.1. The van der Waals surface area contributed by atoms with Crippen molar-refractivity contribution >= 4 is 15.7 Å². The van der Waals surface area contributed by atoms with E-state index in [-0.39, 0.29) is 5.41 Å². The number of rotatable bonds is 1. The van der Waals surface area contributed by atoms with Crippen LogP contribution in [-0.2, 0) is 15.4 Å². The summed E-state index contributed by atoms with van der Waals surface area (Å²) in [6.45, 7) is 2.25. The molecule has 0 unspecified atom stereocenters. The number of anilines is 1. The molecule has 2 aliphatic heterocycles. The van der Waals surface area contributed by atoms with Gasteiger partial charge in [0.05, 0.1) is 17.6 Å². The quantitative estimate of drug-likeness (QED) is 0.770. The molecule has 1 aromatic rings. The van der Waals surface area contributed by atoms with Gasteiger partial charge in [0.15, 0.2) is 0 Å². The normalized spacial score (nSPS) is 27.7. The molecule has 17 heavy (non-hydrogen) atoms. The van der Waals surface area contributed by atoms with E-state index in [9.17, 15) is 8.42 Å². The van der Waals surface area contributed by atoms with Crippen LogP contribution < -0.4 is 9.62 Å². The molecular weight excluding hydrogens is 238 g/mol. The molecule has 1 N–H and O–H groups in total. The van der Waals surface area contributed by atoms with Crippen LogP contribution in [0.5, 0.6) is 0 Å². The Hall–Kier alpha value is -1.14. The highest BCUT2D eigenvalue weighted by molar-refractivity contribution is 7.92. The standard InChI is InChI=1S/C11H15N3O2S/c1-17(15,16)14-8-11(4-6-12-7-11)10-9(14)3-2-5-13-10/h2-3,5,12H,4,6-8H2,1H3/t11-/m0/s1. The average Bonchev–Trinajstić information content (AvgIpc) is 2.86. The minimum absolute atomic E-state index is 0.125. The van der Waals surface area contributed by atoms with E-state index in [1.165, 1.54) is 10.6 Å². The van der Waals surface area contributed by atoms with Crippen molar-refractivity contribution in [2.24, 2.45) is 0 Å². The predicted molar refractivity (Wildman–Crippen MR) is 65.6 cm³/mol. The Morgan fingerprint density at radius 3 is 3.00 bits per heavy atom. The first kappa shape index (κ1) is 11.0. The molecule has 3 rings (SSSR count). The Balaban J connectivity index is 2.16. The van der Waals surface area contributed by atoms with Gasteiger partial charge in [0, 0.05) is 24.7 Å². The first-order valence-electron chi connectivity index (χ1n) is 5.67. The van der Waals surface area contributed by atoms with Gasteiger partial charge in [-0.2, -0.15) is 0 Å². The van der Waals surface area contributed by atoms with Crippen LogP contribution in [0.1, 0.15) is 12.1 Å². The van der Waals surface area contributed by atoms with Crippen molar-refractivity contribution in [3.63, 3.8) is 0 Å². The largest absolute Gasteiger partial charge is 0.316 e. The van der Waals surface area contributed by atoms with Crippen molar-refractivity contribution in [1.82, 2.24) is 10.3 Å². The van der Waals surface area contributed by atoms with Crippen molar-refractivity contribution in [3.8, 4) is 0 Å². The fraction of sp³-hybridized carbons (Fsp3) is 0.545.